The topological polar surface area (TPSA) is 55.8 Å². The van der Waals surface area contributed by atoms with E-state index in [2.05, 4.69) is 22.0 Å². The molecule has 1 fully saturated rings. The molecule has 1 atom stereocenters. The number of anilines is 3. The SMILES string of the molecule is CC(C)C(=O)Nc1ccc(N(c2cccc(O)c2)C(C)CN2CCCC2)cc1. The molecule has 5 nitrogen and oxygen atoms in total. The second-order valence-electron chi connectivity index (χ2n) is 7.94. The van der Waals surface area contributed by atoms with Gasteiger partial charge in [-0.3, -0.25) is 4.79 Å². The number of likely N-dealkylation sites (tertiary alicyclic amines) is 1. The Labute approximate surface area is 168 Å². The summed E-state index contributed by atoms with van der Waals surface area (Å²) in [4.78, 5) is 16.7. The molecule has 0 bridgehead atoms. The Morgan fingerprint density at radius 3 is 2.36 bits per heavy atom. The van der Waals surface area contributed by atoms with Gasteiger partial charge in [0.25, 0.3) is 0 Å². The molecule has 1 heterocycles. The average molecular weight is 382 g/mol. The fraction of sp³-hybridized carbons (Fsp3) is 0.435. The highest BCUT2D eigenvalue weighted by Crippen LogP contribution is 2.31. The van der Waals surface area contributed by atoms with Crippen LogP contribution in [0.1, 0.15) is 33.6 Å². The zero-order chi connectivity index (χ0) is 20.1. The summed E-state index contributed by atoms with van der Waals surface area (Å²) in [6, 6.07) is 15.6. The smallest absolute Gasteiger partial charge is 0.226 e. The molecule has 0 saturated carbocycles. The van der Waals surface area contributed by atoms with E-state index in [4.69, 9.17) is 0 Å². The Morgan fingerprint density at radius 1 is 1.07 bits per heavy atom. The van der Waals surface area contributed by atoms with E-state index in [1.807, 2.05) is 50.2 Å². The Morgan fingerprint density at radius 2 is 1.75 bits per heavy atom. The van der Waals surface area contributed by atoms with E-state index in [0.29, 0.717) is 0 Å². The molecule has 5 heteroatoms. The molecule has 0 aromatic heterocycles. The summed E-state index contributed by atoms with van der Waals surface area (Å²) >= 11 is 0. The zero-order valence-electron chi connectivity index (χ0n) is 17.1. The number of carbonyl (C=O) groups is 1. The Bertz CT molecular complexity index is 783. The molecule has 1 amide bonds. The van der Waals surface area contributed by atoms with Crippen molar-refractivity contribution in [2.75, 3.05) is 29.9 Å². The lowest BCUT2D eigenvalue weighted by atomic mass is 10.1. The maximum Gasteiger partial charge on any atom is 0.226 e. The fourth-order valence-electron chi connectivity index (χ4n) is 3.71. The van der Waals surface area contributed by atoms with Gasteiger partial charge in [-0.15, -0.1) is 0 Å². The predicted molar refractivity (Wildman–Crippen MR) is 115 cm³/mol. The van der Waals surface area contributed by atoms with E-state index in [9.17, 15) is 9.90 Å². The molecule has 150 valence electrons. The monoisotopic (exact) mass is 381 g/mol. The van der Waals surface area contributed by atoms with Crippen LogP contribution in [-0.2, 0) is 4.79 Å². The van der Waals surface area contributed by atoms with Gasteiger partial charge in [0.05, 0.1) is 0 Å². The van der Waals surface area contributed by atoms with Gasteiger partial charge in [-0.2, -0.15) is 0 Å². The minimum atomic E-state index is -0.0519. The molecule has 1 aliphatic rings. The molecular weight excluding hydrogens is 350 g/mol. The van der Waals surface area contributed by atoms with Crippen LogP contribution in [0.5, 0.6) is 5.75 Å². The van der Waals surface area contributed by atoms with Crippen LogP contribution < -0.4 is 10.2 Å². The summed E-state index contributed by atoms with van der Waals surface area (Å²) in [6.07, 6.45) is 2.53. The van der Waals surface area contributed by atoms with Crippen molar-refractivity contribution < 1.29 is 9.90 Å². The van der Waals surface area contributed by atoms with Crippen molar-refractivity contribution >= 4 is 23.0 Å². The minimum absolute atomic E-state index is 0.0139. The molecule has 1 unspecified atom stereocenters. The van der Waals surface area contributed by atoms with Gasteiger partial charge < -0.3 is 20.2 Å². The first-order valence-corrected chi connectivity index (χ1v) is 10.2. The van der Waals surface area contributed by atoms with Crippen molar-refractivity contribution in [3.8, 4) is 5.75 Å². The molecule has 1 aliphatic heterocycles. The molecule has 3 rings (SSSR count). The second-order valence-corrected chi connectivity index (χ2v) is 7.94. The lowest BCUT2D eigenvalue weighted by Crippen LogP contribution is -2.39. The first-order chi connectivity index (χ1) is 13.4. The Hall–Kier alpha value is -2.53. The summed E-state index contributed by atoms with van der Waals surface area (Å²) < 4.78 is 0. The van der Waals surface area contributed by atoms with Crippen LogP contribution in [-0.4, -0.2) is 41.6 Å². The van der Waals surface area contributed by atoms with Crippen LogP contribution in [0.4, 0.5) is 17.1 Å². The van der Waals surface area contributed by atoms with Crippen molar-refractivity contribution in [2.45, 2.75) is 39.7 Å². The highest BCUT2D eigenvalue weighted by Gasteiger charge is 2.22. The quantitative estimate of drug-likeness (QED) is 0.735. The molecule has 0 radical (unpaired) electrons. The molecular formula is C23H31N3O2. The van der Waals surface area contributed by atoms with E-state index in [0.717, 1.165) is 36.7 Å². The first-order valence-electron chi connectivity index (χ1n) is 10.2. The summed E-state index contributed by atoms with van der Waals surface area (Å²) in [5.74, 6) is 0.223. The normalized spacial score (nSPS) is 15.6. The number of phenols is 1. The van der Waals surface area contributed by atoms with Gasteiger partial charge in [-0.1, -0.05) is 19.9 Å². The van der Waals surface area contributed by atoms with Crippen LogP contribution in [0.2, 0.25) is 0 Å². The second kappa shape index (κ2) is 9.11. The maximum absolute atomic E-state index is 11.9. The van der Waals surface area contributed by atoms with Crippen molar-refractivity contribution in [1.82, 2.24) is 4.90 Å². The molecule has 2 aromatic rings. The zero-order valence-corrected chi connectivity index (χ0v) is 17.1. The Balaban J connectivity index is 1.84. The molecule has 0 spiro atoms. The number of nitrogens with zero attached hydrogens (tertiary/aromatic N) is 2. The lowest BCUT2D eigenvalue weighted by molar-refractivity contribution is -0.118. The van der Waals surface area contributed by atoms with Crippen molar-refractivity contribution in [3.63, 3.8) is 0 Å². The van der Waals surface area contributed by atoms with Gasteiger partial charge in [0, 0.05) is 41.6 Å². The third-order valence-electron chi connectivity index (χ3n) is 5.21. The van der Waals surface area contributed by atoms with Gasteiger partial charge in [0.2, 0.25) is 5.91 Å². The van der Waals surface area contributed by atoms with Crippen LogP contribution in [0.3, 0.4) is 0 Å². The van der Waals surface area contributed by atoms with E-state index in [1.165, 1.54) is 12.8 Å². The number of phenolic OH excluding ortho intramolecular Hbond substituents is 1. The van der Waals surface area contributed by atoms with Gasteiger partial charge >= 0.3 is 0 Å². The largest absolute Gasteiger partial charge is 0.508 e. The number of amides is 1. The van der Waals surface area contributed by atoms with Gasteiger partial charge in [0.1, 0.15) is 5.75 Å². The minimum Gasteiger partial charge on any atom is -0.508 e. The number of hydrogen-bond acceptors (Lipinski definition) is 4. The fourth-order valence-corrected chi connectivity index (χ4v) is 3.71. The van der Waals surface area contributed by atoms with Gasteiger partial charge in [-0.05, 0) is 69.3 Å². The van der Waals surface area contributed by atoms with Crippen LogP contribution in [0.15, 0.2) is 48.5 Å². The third-order valence-corrected chi connectivity index (χ3v) is 5.21. The maximum atomic E-state index is 11.9. The highest BCUT2D eigenvalue weighted by atomic mass is 16.3. The first kappa shape index (κ1) is 20.2. The predicted octanol–water partition coefficient (Wildman–Crippen LogP) is 4.61. The Kier molecular flexibility index (Phi) is 6.57. The summed E-state index contributed by atoms with van der Waals surface area (Å²) in [5, 5.41) is 12.9. The van der Waals surface area contributed by atoms with Gasteiger partial charge in [-0.25, -0.2) is 0 Å². The van der Waals surface area contributed by atoms with E-state index >= 15 is 0 Å². The van der Waals surface area contributed by atoms with Crippen LogP contribution >= 0.6 is 0 Å². The van der Waals surface area contributed by atoms with Crippen LogP contribution in [0.25, 0.3) is 0 Å². The number of carbonyl (C=O) groups excluding carboxylic acids is 1. The summed E-state index contributed by atoms with van der Waals surface area (Å²) in [5.41, 5.74) is 2.80. The average Bonchev–Trinajstić information content (AvgIpc) is 3.16. The number of rotatable bonds is 7. The van der Waals surface area contributed by atoms with Crippen molar-refractivity contribution in [1.29, 1.82) is 0 Å². The standard InChI is InChI=1S/C23H31N3O2/c1-17(2)23(28)24-19-9-11-20(12-10-19)26(21-7-6-8-22(27)15-21)18(3)16-25-13-4-5-14-25/h6-12,15,17-18,27H,4-5,13-14,16H2,1-3H3,(H,24,28). The van der Waals surface area contributed by atoms with Crippen molar-refractivity contribution in [3.05, 3.63) is 48.5 Å². The third kappa shape index (κ3) is 5.04. The lowest BCUT2D eigenvalue weighted by Gasteiger charge is -2.34. The molecule has 2 aromatic carbocycles. The number of benzene rings is 2. The molecule has 1 saturated heterocycles. The molecule has 2 N–H and O–H groups in total. The number of nitrogens with one attached hydrogen (secondary N) is 1. The number of aromatic hydroxyl groups is 1. The molecule has 28 heavy (non-hydrogen) atoms. The molecule has 0 aliphatic carbocycles. The highest BCUT2D eigenvalue weighted by molar-refractivity contribution is 5.92. The van der Waals surface area contributed by atoms with E-state index < -0.39 is 0 Å². The van der Waals surface area contributed by atoms with E-state index in [-0.39, 0.29) is 23.6 Å². The van der Waals surface area contributed by atoms with Gasteiger partial charge in [0.15, 0.2) is 0 Å². The summed E-state index contributed by atoms with van der Waals surface area (Å²) in [6.45, 7) is 9.26. The summed E-state index contributed by atoms with van der Waals surface area (Å²) in [7, 11) is 0. The van der Waals surface area contributed by atoms with Crippen molar-refractivity contribution in [2.24, 2.45) is 5.92 Å². The van der Waals surface area contributed by atoms with E-state index in [1.54, 1.807) is 12.1 Å². The van der Waals surface area contributed by atoms with Crippen LogP contribution in [0, 0.1) is 5.92 Å². The number of hydrogen-bond donors (Lipinski definition) is 2.